The second-order valence-electron chi connectivity index (χ2n) is 4.57. The monoisotopic (exact) mass is 313 g/mol. The third kappa shape index (κ3) is 4.02. The Kier molecular flexibility index (Phi) is 4.59. The number of rotatable bonds is 5. The molecule has 8 heteroatoms. The van der Waals surface area contributed by atoms with Gasteiger partial charge in [-0.1, -0.05) is 17.7 Å². The number of esters is 2. The fraction of sp³-hybridized carbons (Fsp3) is 0.385. The van der Waals surface area contributed by atoms with Crippen molar-refractivity contribution >= 4 is 22.0 Å². The van der Waals surface area contributed by atoms with Crippen LogP contribution >= 0.6 is 0 Å². The van der Waals surface area contributed by atoms with Crippen molar-refractivity contribution in [3.8, 4) is 0 Å². The second kappa shape index (κ2) is 6.23. The minimum Gasteiger partial charge on any atom is -0.463 e. The number of hydrogen-bond donors (Lipinski definition) is 1. The number of hydrogen-bond acceptors (Lipinski definition) is 6. The van der Waals surface area contributed by atoms with Crippen LogP contribution in [0.5, 0.6) is 0 Å². The highest BCUT2D eigenvalue weighted by Gasteiger charge is 2.30. The molecule has 0 radical (unpaired) electrons. The first-order chi connectivity index (χ1) is 9.88. The van der Waals surface area contributed by atoms with Crippen molar-refractivity contribution in [2.75, 3.05) is 13.2 Å². The van der Waals surface area contributed by atoms with Crippen LogP contribution in [0.2, 0.25) is 0 Å². The highest BCUT2D eigenvalue weighted by Crippen LogP contribution is 2.11. The Balaban J connectivity index is 1.90. The average Bonchev–Trinajstić information content (AvgIpc) is 2.83. The number of carbonyl (C=O) groups excluding carboxylic acids is 2. The quantitative estimate of drug-likeness (QED) is 0.776. The van der Waals surface area contributed by atoms with Crippen molar-refractivity contribution in [2.24, 2.45) is 0 Å². The Morgan fingerprint density at radius 2 is 2.05 bits per heavy atom. The van der Waals surface area contributed by atoms with Crippen LogP contribution in [0.1, 0.15) is 12.0 Å². The first-order valence-corrected chi connectivity index (χ1v) is 7.79. The lowest BCUT2D eigenvalue weighted by atomic mass is 10.2. The summed E-state index contributed by atoms with van der Waals surface area (Å²) in [5, 5.41) is 0. The Hall–Kier alpha value is -1.93. The number of benzene rings is 1. The summed E-state index contributed by atoms with van der Waals surface area (Å²) in [5.41, 5.74) is 0.924. The van der Waals surface area contributed by atoms with Crippen LogP contribution < -0.4 is 4.72 Å². The Morgan fingerprint density at radius 3 is 2.62 bits per heavy atom. The summed E-state index contributed by atoms with van der Waals surface area (Å²) in [6, 6.07) is 6.19. The smallest absolute Gasteiger partial charge is 0.347 e. The van der Waals surface area contributed by atoms with Gasteiger partial charge in [-0.2, -0.15) is 4.72 Å². The topological polar surface area (TPSA) is 98.8 Å². The van der Waals surface area contributed by atoms with E-state index in [-0.39, 0.29) is 17.9 Å². The van der Waals surface area contributed by atoms with Gasteiger partial charge in [-0.25, -0.2) is 13.2 Å². The third-order valence-electron chi connectivity index (χ3n) is 2.90. The molecule has 1 aromatic carbocycles. The SMILES string of the molecule is Cc1ccc(S(=O)(=O)NCC(=O)O[C@@H]2CCOC2=O)cc1. The fourth-order valence-corrected chi connectivity index (χ4v) is 2.71. The van der Waals surface area contributed by atoms with E-state index in [2.05, 4.69) is 9.46 Å². The maximum Gasteiger partial charge on any atom is 0.347 e. The van der Waals surface area contributed by atoms with E-state index in [0.29, 0.717) is 0 Å². The van der Waals surface area contributed by atoms with Gasteiger partial charge in [-0.05, 0) is 19.1 Å². The normalized spacial score (nSPS) is 18.3. The predicted octanol–water partition coefficient (Wildman–Crippen LogP) is 0.132. The van der Waals surface area contributed by atoms with Gasteiger partial charge in [0.25, 0.3) is 0 Å². The molecule has 0 saturated carbocycles. The largest absolute Gasteiger partial charge is 0.463 e. The summed E-state index contributed by atoms with van der Waals surface area (Å²) in [6.45, 7) is 1.49. The van der Waals surface area contributed by atoms with E-state index in [9.17, 15) is 18.0 Å². The van der Waals surface area contributed by atoms with E-state index >= 15 is 0 Å². The van der Waals surface area contributed by atoms with E-state index in [1.807, 2.05) is 6.92 Å². The van der Waals surface area contributed by atoms with Crippen LogP contribution in [0.25, 0.3) is 0 Å². The number of sulfonamides is 1. The number of ether oxygens (including phenoxy) is 2. The zero-order valence-corrected chi connectivity index (χ0v) is 12.2. The second-order valence-corrected chi connectivity index (χ2v) is 6.34. The third-order valence-corrected chi connectivity index (χ3v) is 4.32. The van der Waals surface area contributed by atoms with Gasteiger partial charge in [-0.3, -0.25) is 4.79 Å². The molecule has 0 spiro atoms. The Morgan fingerprint density at radius 1 is 1.38 bits per heavy atom. The molecule has 1 atom stereocenters. The lowest BCUT2D eigenvalue weighted by molar-refractivity contribution is -0.159. The molecule has 7 nitrogen and oxygen atoms in total. The molecule has 1 fully saturated rings. The van der Waals surface area contributed by atoms with Crippen molar-refractivity contribution in [1.29, 1.82) is 0 Å². The van der Waals surface area contributed by atoms with Crippen molar-refractivity contribution < 1.29 is 27.5 Å². The van der Waals surface area contributed by atoms with Gasteiger partial charge >= 0.3 is 11.9 Å². The lowest BCUT2D eigenvalue weighted by Crippen LogP contribution is -2.33. The molecular formula is C13H15NO6S. The minimum atomic E-state index is -3.79. The molecule has 0 unspecified atom stereocenters. The number of aryl methyl sites for hydroxylation is 1. The van der Waals surface area contributed by atoms with E-state index in [1.54, 1.807) is 12.1 Å². The number of cyclic esters (lactones) is 1. The van der Waals surface area contributed by atoms with Crippen LogP contribution in [-0.2, 0) is 29.1 Å². The molecule has 1 N–H and O–H groups in total. The molecule has 114 valence electrons. The van der Waals surface area contributed by atoms with Gasteiger partial charge in [0.15, 0.2) is 0 Å². The van der Waals surface area contributed by atoms with Gasteiger partial charge < -0.3 is 9.47 Å². The summed E-state index contributed by atoms with van der Waals surface area (Å²) in [4.78, 5) is 22.7. The van der Waals surface area contributed by atoms with Crippen LogP contribution in [0.15, 0.2) is 29.2 Å². The maximum absolute atomic E-state index is 11.9. The zero-order chi connectivity index (χ0) is 15.5. The van der Waals surface area contributed by atoms with E-state index in [4.69, 9.17) is 4.74 Å². The molecule has 1 aromatic rings. The molecule has 1 aliphatic heterocycles. The first-order valence-electron chi connectivity index (χ1n) is 6.31. The Bertz CT molecular complexity index is 637. The van der Waals surface area contributed by atoms with Gasteiger partial charge in [0.05, 0.1) is 11.5 Å². The molecule has 1 saturated heterocycles. The van der Waals surface area contributed by atoms with Crippen molar-refractivity contribution in [3.63, 3.8) is 0 Å². The van der Waals surface area contributed by atoms with Gasteiger partial charge in [0, 0.05) is 6.42 Å². The van der Waals surface area contributed by atoms with E-state index < -0.39 is 34.6 Å². The predicted molar refractivity (Wildman–Crippen MR) is 71.8 cm³/mol. The summed E-state index contributed by atoms with van der Waals surface area (Å²) >= 11 is 0. The number of nitrogens with one attached hydrogen (secondary N) is 1. The van der Waals surface area contributed by atoms with Crippen molar-refractivity contribution in [1.82, 2.24) is 4.72 Å². The van der Waals surface area contributed by atoms with Crippen LogP contribution in [0.4, 0.5) is 0 Å². The fourth-order valence-electron chi connectivity index (χ4n) is 1.74. The van der Waals surface area contributed by atoms with Crippen LogP contribution in [0, 0.1) is 6.92 Å². The highest BCUT2D eigenvalue weighted by atomic mass is 32.2. The minimum absolute atomic E-state index is 0.0566. The molecule has 0 amide bonds. The zero-order valence-electron chi connectivity index (χ0n) is 11.4. The molecule has 1 aliphatic rings. The molecule has 0 bridgehead atoms. The number of carbonyl (C=O) groups is 2. The van der Waals surface area contributed by atoms with Crippen molar-refractivity contribution in [2.45, 2.75) is 24.3 Å². The summed E-state index contributed by atoms with van der Waals surface area (Å²) in [7, 11) is -3.79. The molecule has 1 heterocycles. The van der Waals surface area contributed by atoms with E-state index in [1.165, 1.54) is 12.1 Å². The van der Waals surface area contributed by atoms with E-state index in [0.717, 1.165) is 5.56 Å². The average molecular weight is 313 g/mol. The molecule has 21 heavy (non-hydrogen) atoms. The first kappa shape index (κ1) is 15.5. The van der Waals surface area contributed by atoms with Gasteiger partial charge in [-0.15, -0.1) is 0 Å². The maximum atomic E-state index is 11.9. The van der Waals surface area contributed by atoms with Gasteiger partial charge in [0.1, 0.15) is 6.54 Å². The summed E-state index contributed by atoms with van der Waals surface area (Å²) < 4.78 is 35.5. The molecule has 0 aromatic heterocycles. The summed E-state index contributed by atoms with van der Waals surface area (Å²) in [6.07, 6.45) is -0.656. The highest BCUT2D eigenvalue weighted by molar-refractivity contribution is 7.89. The van der Waals surface area contributed by atoms with Crippen molar-refractivity contribution in [3.05, 3.63) is 29.8 Å². The standard InChI is InChI=1S/C13H15NO6S/c1-9-2-4-10(5-3-9)21(17,18)14-8-12(15)20-11-6-7-19-13(11)16/h2-5,11,14H,6-8H2,1H3/t11-/m1/s1. The van der Waals surface area contributed by atoms with Gasteiger partial charge in [0.2, 0.25) is 16.1 Å². The molecular weight excluding hydrogens is 298 g/mol. The summed E-state index contributed by atoms with van der Waals surface area (Å²) in [5.74, 6) is -1.43. The lowest BCUT2D eigenvalue weighted by Gasteiger charge is -2.09. The molecule has 0 aliphatic carbocycles. The molecule has 2 rings (SSSR count). The van der Waals surface area contributed by atoms with Crippen LogP contribution in [-0.4, -0.2) is 39.6 Å². The Labute approximate surface area is 122 Å². The van der Waals surface area contributed by atoms with Crippen LogP contribution in [0.3, 0.4) is 0 Å².